The summed E-state index contributed by atoms with van der Waals surface area (Å²) in [7, 11) is 0. The van der Waals surface area contributed by atoms with Crippen LogP contribution in [0.4, 0.5) is 5.69 Å². The lowest BCUT2D eigenvalue weighted by Crippen LogP contribution is -1.76. The highest BCUT2D eigenvalue weighted by molar-refractivity contribution is 6.00. The Bertz CT molecular complexity index is 699. The van der Waals surface area contributed by atoms with Crippen LogP contribution in [0.2, 0.25) is 0 Å². The lowest BCUT2D eigenvalue weighted by molar-refractivity contribution is 0.336. The van der Waals surface area contributed by atoms with Crippen molar-refractivity contribution in [2.45, 2.75) is 0 Å². The minimum atomic E-state index is -0.0693. The minimum Gasteiger partial charge on any atom is -0.480 e. The summed E-state index contributed by atoms with van der Waals surface area (Å²) in [5.74, 6) is 0.493. The Balaban J connectivity index is 2.03. The molecule has 3 heteroatoms. The lowest BCUT2D eigenvalue weighted by Gasteiger charge is -1.91. The van der Waals surface area contributed by atoms with Crippen LogP contribution in [0.15, 0.2) is 64.0 Å². The number of rotatable bonds is 2. The molecule has 0 aliphatic heterocycles. The third kappa shape index (κ3) is 1.86. The van der Waals surface area contributed by atoms with Gasteiger partial charge < -0.3 is 9.52 Å². The van der Waals surface area contributed by atoms with Crippen molar-refractivity contribution in [3.8, 4) is 5.95 Å². The summed E-state index contributed by atoms with van der Waals surface area (Å²) in [5.41, 5.74) is 0.845. The van der Waals surface area contributed by atoms with Gasteiger partial charge in [0.2, 0.25) is 0 Å². The molecule has 88 valence electrons. The van der Waals surface area contributed by atoms with Crippen molar-refractivity contribution in [1.82, 2.24) is 0 Å². The Morgan fingerprint density at radius 1 is 0.889 bits per heavy atom. The molecular formula is C15H11NO2. The van der Waals surface area contributed by atoms with Gasteiger partial charge in [-0.25, -0.2) is 0 Å². The third-order valence-electron chi connectivity index (χ3n) is 2.72. The minimum absolute atomic E-state index is 0.0693. The first-order valence-corrected chi connectivity index (χ1v) is 5.64. The molecule has 0 spiro atoms. The fourth-order valence-corrected chi connectivity index (χ4v) is 1.84. The van der Waals surface area contributed by atoms with Gasteiger partial charge in [-0.1, -0.05) is 36.4 Å². The summed E-state index contributed by atoms with van der Waals surface area (Å²) in [6.07, 6.45) is 1.62. The van der Waals surface area contributed by atoms with Gasteiger partial charge in [-0.2, -0.15) is 0 Å². The predicted octanol–water partition coefficient (Wildman–Crippen LogP) is 3.89. The molecule has 0 amide bonds. The normalized spacial score (nSPS) is 11.3. The van der Waals surface area contributed by atoms with E-state index in [0.29, 0.717) is 11.1 Å². The van der Waals surface area contributed by atoms with Crippen molar-refractivity contribution >= 4 is 22.7 Å². The molecule has 1 aromatic heterocycles. The number of para-hydroxylation sites is 1. The highest BCUT2D eigenvalue weighted by Gasteiger charge is 2.09. The van der Waals surface area contributed by atoms with Crippen LogP contribution in [0.1, 0.15) is 5.76 Å². The van der Waals surface area contributed by atoms with Crippen LogP contribution in [-0.4, -0.2) is 11.3 Å². The summed E-state index contributed by atoms with van der Waals surface area (Å²) in [4.78, 5) is 4.31. The summed E-state index contributed by atoms with van der Waals surface area (Å²) in [6.45, 7) is 0. The van der Waals surface area contributed by atoms with Gasteiger partial charge in [0.1, 0.15) is 0 Å². The van der Waals surface area contributed by atoms with Gasteiger partial charge in [0.05, 0.1) is 17.3 Å². The molecule has 2 aromatic carbocycles. The van der Waals surface area contributed by atoms with Gasteiger partial charge >= 0.3 is 0 Å². The van der Waals surface area contributed by atoms with E-state index in [9.17, 15) is 5.11 Å². The molecule has 0 aliphatic carbocycles. The molecule has 0 unspecified atom stereocenters. The molecule has 1 heterocycles. The van der Waals surface area contributed by atoms with Gasteiger partial charge in [-0.15, -0.1) is 0 Å². The van der Waals surface area contributed by atoms with E-state index in [-0.39, 0.29) is 5.95 Å². The Morgan fingerprint density at radius 3 is 2.33 bits per heavy atom. The zero-order chi connectivity index (χ0) is 12.4. The highest BCUT2D eigenvalue weighted by atomic mass is 16.5. The van der Waals surface area contributed by atoms with E-state index >= 15 is 0 Å². The molecule has 0 radical (unpaired) electrons. The number of furan rings is 1. The molecule has 0 saturated heterocycles. The highest BCUT2D eigenvalue weighted by Crippen LogP contribution is 2.30. The second kappa shape index (κ2) is 4.37. The number of benzene rings is 2. The number of fused-ring (bicyclic) bond motifs is 1. The van der Waals surface area contributed by atoms with E-state index in [1.165, 1.54) is 0 Å². The number of hydrogen-bond acceptors (Lipinski definition) is 3. The Labute approximate surface area is 104 Å². The van der Waals surface area contributed by atoms with E-state index in [1.807, 2.05) is 54.6 Å². The number of hydrogen-bond donors (Lipinski definition) is 1. The zero-order valence-electron chi connectivity index (χ0n) is 9.58. The lowest BCUT2D eigenvalue weighted by atomic mass is 10.2. The summed E-state index contributed by atoms with van der Waals surface area (Å²) < 4.78 is 5.29. The van der Waals surface area contributed by atoms with Crippen molar-refractivity contribution in [2.24, 2.45) is 4.99 Å². The molecular weight excluding hydrogens is 226 g/mol. The molecule has 3 nitrogen and oxygen atoms in total. The first-order valence-electron chi connectivity index (χ1n) is 5.64. The average Bonchev–Trinajstić information content (AvgIpc) is 2.75. The molecule has 0 atom stereocenters. The summed E-state index contributed by atoms with van der Waals surface area (Å²) in [6, 6.07) is 17.1. The van der Waals surface area contributed by atoms with Crippen molar-refractivity contribution in [3.05, 3.63) is 60.4 Å². The van der Waals surface area contributed by atoms with Crippen molar-refractivity contribution in [2.75, 3.05) is 0 Å². The van der Waals surface area contributed by atoms with E-state index < -0.39 is 0 Å². The van der Waals surface area contributed by atoms with Crippen LogP contribution in [0.3, 0.4) is 0 Å². The van der Waals surface area contributed by atoms with Gasteiger partial charge in [0.25, 0.3) is 5.95 Å². The van der Waals surface area contributed by atoms with Gasteiger partial charge in [-0.3, -0.25) is 4.99 Å². The molecule has 0 aliphatic rings. The maximum absolute atomic E-state index is 9.66. The predicted molar refractivity (Wildman–Crippen MR) is 71.6 cm³/mol. The second-order valence-electron chi connectivity index (χ2n) is 3.91. The van der Waals surface area contributed by atoms with E-state index in [1.54, 1.807) is 6.21 Å². The van der Waals surface area contributed by atoms with Crippen LogP contribution >= 0.6 is 0 Å². The average molecular weight is 237 g/mol. The fraction of sp³-hybridized carbons (Fsp3) is 0. The molecule has 0 saturated carbocycles. The SMILES string of the molecule is Oc1oc(C=Nc2ccccc2)c2ccccc12. The fourth-order valence-electron chi connectivity index (χ4n) is 1.84. The van der Waals surface area contributed by atoms with Crippen LogP contribution < -0.4 is 0 Å². The Hall–Kier alpha value is -2.55. The number of nitrogens with zero attached hydrogens (tertiary/aromatic N) is 1. The van der Waals surface area contributed by atoms with Crippen molar-refractivity contribution < 1.29 is 9.52 Å². The molecule has 18 heavy (non-hydrogen) atoms. The number of aromatic hydroxyl groups is 1. The van der Waals surface area contributed by atoms with Crippen molar-refractivity contribution in [1.29, 1.82) is 0 Å². The maximum atomic E-state index is 9.66. The van der Waals surface area contributed by atoms with E-state index in [2.05, 4.69) is 4.99 Å². The standard InChI is InChI=1S/C15H11NO2/c17-15-13-9-5-4-8-12(13)14(18-15)10-16-11-6-2-1-3-7-11/h1-10,17H. The zero-order valence-corrected chi connectivity index (χ0v) is 9.58. The quantitative estimate of drug-likeness (QED) is 0.687. The van der Waals surface area contributed by atoms with Gasteiger partial charge in [-0.05, 0) is 18.2 Å². The van der Waals surface area contributed by atoms with E-state index in [4.69, 9.17) is 4.42 Å². The summed E-state index contributed by atoms with van der Waals surface area (Å²) in [5, 5.41) is 11.2. The molecule has 3 aromatic rings. The van der Waals surface area contributed by atoms with Crippen LogP contribution in [0, 0.1) is 0 Å². The maximum Gasteiger partial charge on any atom is 0.290 e. The van der Waals surface area contributed by atoms with Crippen LogP contribution in [-0.2, 0) is 0 Å². The van der Waals surface area contributed by atoms with Gasteiger partial charge in [0.15, 0.2) is 5.76 Å². The van der Waals surface area contributed by atoms with Crippen LogP contribution in [0.5, 0.6) is 5.95 Å². The topological polar surface area (TPSA) is 45.7 Å². The molecule has 0 bridgehead atoms. The largest absolute Gasteiger partial charge is 0.480 e. The molecule has 0 fully saturated rings. The first-order chi connectivity index (χ1) is 8.84. The second-order valence-corrected chi connectivity index (χ2v) is 3.91. The first kappa shape index (κ1) is 10.6. The Kier molecular flexibility index (Phi) is 2.57. The smallest absolute Gasteiger partial charge is 0.290 e. The summed E-state index contributed by atoms with van der Waals surface area (Å²) >= 11 is 0. The van der Waals surface area contributed by atoms with Gasteiger partial charge in [0, 0.05) is 5.39 Å². The third-order valence-corrected chi connectivity index (χ3v) is 2.72. The van der Waals surface area contributed by atoms with Crippen LogP contribution in [0.25, 0.3) is 10.8 Å². The molecule has 1 N–H and O–H groups in total. The number of aliphatic imine (C=N–C) groups is 1. The van der Waals surface area contributed by atoms with Crippen molar-refractivity contribution in [3.63, 3.8) is 0 Å². The monoisotopic (exact) mass is 237 g/mol. The Morgan fingerprint density at radius 2 is 1.56 bits per heavy atom. The molecule has 3 rings (SSSR count). The van der Waals surface area contributed by atoms with E-state index in [0.717, 1.165) is 11.1 Å².